The molecule has 128 valence electrons. The Kier molecular flexibility index (Phi) is 5.73. The highest BCUT2D eigenvalue weighted by Crippen LogP contribution is 2.22. The Hall–Kier alpha value is -2.63. The number of carboxylic acids is 1. The van der Waals surface area contributed by atoms with E-state index < -0.39 is 12.0 Å². The molecule has 0 spiro atoms. The number of pyridine rings is 1. The van der Waals surface area contributed by atoms with Crippen LogP contribution in [0.4, 0.5) is 5.82 Å². The zero-order valence-corrected chi connectivity index (χ0v) is 14.2. The van der Waals surface area contributed by atoms with Crippen LogP contribution in [0.3, 0.4) is 0 Å². The predicted molar refractivity (Wildman–Crippen MR) is 94.5 cm³/mol. The summed E-state index contributed by atoms with van der Waals surface area (Å²) in [5.41, 5.74) is 1.14. The van der Waals surface area contributed by atoms with Crippen molar-refractivity contribution in [3.63, 3.8) is 0 Å². The van der Waals surface area contributed by atoms with Gasteiger partial charge < -0.3 is 15.3 Å². The van der Waals surface area contributed by atoms with Gasteiger partial charge in [0.15, 0.2) is 0 Å². The summed E-state index contributed by atoms with van der Waals surface area (Å²) >= 11 is 0. The molecule has 0 saturated carbocycles. The van der Waals surface area contributed by atoms with Gasteiger partial charge in [-0.15, -0.1) is 0 Å². The molecule has 1 unspecified atom stereocenters. The molecule has 0 radical (unpaired) electrons. The molecular weight excluding hydrogens is 306 g/mol. The summed E-state index contributed by atoms with van der Waals surface area (Å²) in [4.78, 5) is 30.4. The maximum Gasteiger partial charge on any atom is 0.326 e. The van der Waals surface area contributed by atoms with Gasteiger partial charge in [0.2, 0.25) is 0 Å². The number of carbonyl (C=O) groups excluding carboxylic acids is 1. The van der Waals surface area contributed by atoms with Crippen molar-refractivity contribution in [3.8, 4) is 0 Å². The van der Waals surface area contributed by atoms with Crippen molar-refractivity contribution in [2.45, 2.75) is 32.2 Å². The van der Waals surface area contributed by atoms with E-state index >= 15 is 0 Å². The fourth-order valence-electron chi connectivity index (χ4n) is 2.48. The third-order valence-electron chi connectivity index (χ3n) is 3.86. The molecule has 0 aliphatic heterocycles. The van der Waals surface area contributed by atoms with E-state index in [1.54, 1.807) is 6.07 Å². The Bertz CT molecular complexity index is 743. The summed E-state index contributed by atoms with van der Waals surface area (Å²) < 4.78 is 0. The van der Waals surface area contributed by atoms with Gasteiger partial charge in [-0.3, -0.25) is 4.79 Å². The topological polar surface area (TPSA) is 82.5 Å². The van der Waals surface area contributed by atoms with Gasteiger partial charge in [0.1, 0.15) is 11.9 Å². The Balaban J connectivity index is 2.38. The number of nitrogens with zero attached hydrogens (tertiary/aromatic N) is 2. The van der Waals surface area contributed by atoms with E-state index in [4.69, 9.17) is 0 Å². The first-order valence-corrected chi connectivity index (χ1v) is 8.04. The number of benzene rings is 1. The van der Waals surface area contributed by atoms with Crippen LogP contribution in [-0.2, 0) is 4.79 Å². The summed E-state index contributed by atoms with van der Waals surface area (Å²) in [6, 6.07) is 8.16. The van der Waals surface area contributed by atoms with E-state index in [0.29, 0.717) is 28.7 Å². The number of nitrogens with one attached hydrogen (secondary N) is 1. The second kappa shape index (κ2) is 7.77. The average molecular weight is 329 g/mol. The lowest BCUT2D eigenvalue weighted by atomic mass is 10.1. The monoisotopic (exact) mass is 329 g/mol. The molecular formula is C18H23N3O3. The van der Waals surface area contributed by atoms with Crippen molar-refractivity contribution in [1.29, 1.82) is 0 Å². The van der Waals surface area contributed by atoms with Crippen LogP contribution in [0.2, 0.25) is 0 Å². The number of fused-ring (bicyclic) bond motifs is 1. The number of carboxylic acid groups (broad SMARTS) is 1. The summed E-state index contributed by atoms with van der Waals surface area (Å²) in [5, 5.41) is 12.7. The van der Waals surface area contributed by atoms with Crippen LogP contribution in [-0.4, -0.2) is 42.1 Å². The molecule has 1 amide bonds. The van der Waals surface area contributed by atoms with Crippen LogP contribution in [0.5, 0.6) is 0 Å². The highest BCUT2D eigenvalue weighted by atomic mass is 16.4. The fourth-order valence-corrected chi connectivity index (χ4v) is 2.48. The lowest BCUT2D eigenvalue weighted by Gasteiger charge is -2.17. The van der Waals surface area contributed by atoms with Crippen molar-refractivity contribution >= 4 is 28.6 Å². The zero-order chi connectivity index (χ0) is 17.7. The first-order chi connectivity index (χ1) is 11.4. The van der Waals surface area contributed by atoms with Gasteiger partial charge in [-0.1, -0.05) is 38.0 Å². The van der Waals surface area contributed by atoms with Crippen molar-refractivity contribution < 1.29 is 14.7 Å². The number of amides is 1. The van der Waals surface area contributed by atoms with Crippen LogP contribution in [0.1, 0.15) is 36.5 Å². The van der Waals surface area contributed by atoms with E-state index in [2.05, 4.69) is 10.3 Å². The molecule has 24 heavy (non-hydrogen) atoms. The van der Waals surface area contributed by atoms with E-state index in [1.165, 1.54) is 0 Å². The van der Waals surface area contributed by atoms with E-state index in [1.807, 2.05) is 50.2 Å². The third kappa shape index (κ3) is 4.01. The van der Waals surface area contributed by atoms with Crippen LogP contribution < -0.4 is 10.2 Å². The molecule has 0 fully saturated rings. The highest BCUT2D eigenvalue weighted by Gasteiger charge is 2.22. The van der Waals surface area contributed by atoms with Gasteiger partial charge in [0.25, 0.3) is 5.91 Å². The van der Waals surface area contributed by atoms with Crippen LogP contribution in [0, 0.1) is 0 Å². The summed E-state index contributed by atoms with van der Waals surface area (Å²) in [6.45, 7) is 1.99. The molecule has 1 aromatic carbocycles. The summed E-state index contributed by atoms with van der Waals surface area (Å²) in [5.74, 6) is -0.748. The zero-order valence-electron chi connectivity index (χ0n) is 14.2. The van der Waals surface area contributed by atoms with E-state index in [0.717, 1.165) is 12.8 Å². The van der Waals surface area contributed by atoms with Gasteiger partial charge in [-0.25, -0.2) is 9.78 Å². The first kappa shape index (κ1) is 17.7. The quantitative estimate of drug-likeness (QED) is 0.816. The minimum absolute atomic E-state index is 0.389. The number of unbranched alkanes of at least 4 members (excludes halogenated alkanes) is 1. The number of hydrogen-bond donors (Lipinski definition) is 2. The lowest BCUT2D eigenvalue weighted by molar-refractivity contribution is -0.139. The number of aromatic nitrogens is 1. The minimum Gasteiger partial charge on any atom is -0.480 e. The predicted octanol–water partition coefficient (Wildman–Crippen LogP) is 2.67. The number of rotatable bonds is 7. The van der Waals surface area contributed by atoms with Crippen molar-refractivity contribution in [3.05, 3.63) is 35.9 Å². The minimum atomic E-state index is -1.01. The summed E-state index contributed by atoms with van der Waals surface area (Å²) in [7, 11) is 3.69. The smallest absolute Gasteiger partial charge is 0.326 e. The number of hydrogen-bond acceptors (Lipinski definition) is 4. The Morgan fingerprint density at radius 2 is 2.00 bits per heavy atom. The number of para-hydroxylation sites is 1. The van der Waals surface area contributed by atoms with Crippen LogP contribution in [0.25, 0.3) is 10.9 Å². The molecule has 0 saturated heterocycles. The molecule has 1 atom stereocenters. The summed E-state index contributed by atoms with van der Waals surface area (Å²) in [6.07, 6.45) is 2.04. The molecule has 1 heterocycles. The second-order valence-corrected chi connectivity index (χ2v) is 5.95. The standard InChI is InChI=1S/C18H23N3O3/c1-4-5-9-15(18(23)24)20-17(22)13-11-16(21(2)3)19-14-10-7-6-8-12(13)14/h6-8,10-11,15H,4-5,9H2,1-3H3,(H,20,22)(H,23,24). The van der Waals surface area contributed by atoms with Gasteiger partial charge >= 0.3 is 5.97 Å². The van der Waals surface area contributed by atoms with Crippen molar-refractivity contribution in [2.24, 2.45) is 0 Å². The maximum atomic E-state index is 12.7. The number of aliphatic carboxylic acids is 1. The van der Waals surface area contributed by atoms with Crippen molar-refractivity contribution in [1.82, 2.24) is 10.3 Å². The largest absolute Gasteiger partial charge is 0.480 e. The molecule has 2 rings (SSSR count). The molecule has 0 aliphatic carbocycles. The normalized spacial score (nSPS) is 12.0. The highest BCUT2D eigenvalue weighted by molar-refractivity contribution is 6.07. The van der Waals surface area contributed by atoms with Gasteiger partial charge in [-0.2, -0.15) is 0 Å². The third-order valence-corrected chi connectivity index (χ3v) is 3.86. The average Bonchev–Trinajstić information content (AvgIpc) is 2.56. The van der Waals surface area contributed by atoms with E-state index in [9.17, 15) is 14.7 Å². The fraction of sp³-hybridized carbons (Fsp3) is 0.389. The van der Waals surface area contributed by atoms with E-state index in [-0.39, 0.29) is 5.91 Å². The Labute approximate surface area is 141 Å². The van der Waals surface area contributed by atoms with Crippen LogP contribution in [0.15, 0.2) is 30.3 Å². The number of anilines is 1. The maximum absolute atomic E-state index is 12.7. The van der Waals surface area contributed by atoms with Gasteiger partial charge in [-0.05, 0) is 18.6 Å². The SMILES string of the molecule is CCCCC(NC(=O)c1cc(N(C)C)nc2ccccc12)C(=O)O. The molecule has 2 aromatic rings. The molecule has 1 aromatic heterocycles. The van der Waals surface area contributed by atoms with Gasteiger partial charge in [0, 0.05) is 19.5 Å². The molecule has 2 N–H and O–H groups in total. The molecule has 6 nitrogen and oxygen atoms in total. The van der Waals surface area contributed by atoms with Gasteiger partial charge in [0.05, 0.1) is 11.1 Å². The van der Waals surface area contributed by atoms with Crippen LogP contribution >= 0.6 is 0 Å². The Morgan fingerprint density at radius 1 is 1.29 bits per heavy atom. The Morgan fingerprint density at radius 3 is 2.62 bits per heavy atom. The lowest BCUT2D eigenvalue weighted by Crippen LogP contribution is -2.40. The molecule has 0 aliphatic rings. The van der Waals surface area contributed by atoms with Crippen molar-refractivity contribution in [2.75, 3.05) is 19.0 Å². The second-order valence-electron chi connectivity index (χ2n) is 5.95. The molecule has 6 heteroatoms. The molecule has 0 bridgehead atoms. The first-order valence-electron chi connectivity index (χ1n) is 8.04. The number of carbonyl (C=O) groups is 2.